The van der Waals surface area contributed by atoms with E-state index in [0.717, 1.165) is 31.4 Å². The minimum atomic E-state index is -0.585. The molecule has 210 valence electrons. The van der Waals surface area contributed by atoms with Crippen LogP contribution in [0.2, 0.25) is 5.02 Å². The summed E-state index contributed by atoms with van der Waals surface area (Å²) in [5.74, 6) is 0.450. The second-order valence-electron chi connectivity index (χ2n) is 9.74. The van der Waals surface area contributed by atoms with Gasteiger partial charge in [0.2, 0.25) is 11.8 Å². The lowest BCUT2D eigenvalue weighted by Gasteiger charge is -2.32. The van der Waals surface area contributed by atoms with Crippen LogP contribution in [0.4, 0.5) is 11.4 Å². The van der Waals surface area contributed by atoms with Gasteiger partial charge in [-0.15, -0.1) is 0 Å². The third-order valence-corrected chi connectivity index (χ3v) is 8.00. The van der Waals surface area contributed by atoms with Crippen LogP contribution in [0.5, 0.6) is 5.75 Å². The Hall–Kier alpha value is -3.29. The van der Waals surface area contributed by atoms with Crippen LogP contribution >= 0.6 is 23.4 Å². The predicted octanol–water partition coefficient (Wildman–Crippen LogP) is 7.89. The molecule has 1 unspecified atom stereocenters. The zero-order chi connectivity index (χ0) is 28.2. The summed E-state index contributed by atoms with van der Waals surface area (Å²) >= 11 is 7.37. The molecule has 40 heavy (non-hydrogen) atoms. The molecule has 1 aliphatic rings. The fourth-order valence-electron chi connectivity index (χ4n) is 4.35. The number of ether oxygens (including phenoxy) is 1. The number of nitrogens with zero attached hydrogens (tertiary/aromatic N) is 2. The van der Waals surface area contributed by atoms with E-state index >= 15 is 0 Å². The van der Waals surface area contributed by atoms with Crippen LogP contribution in [0.1, 0.15) is 51.0 Å². The van der Waals surface area contributed by atoms with Crippen molar-refractivity contribution in [1.82, 2.24) is 4.90 Å². The smallest absolute Gasteiger partial charge is 0.238 e. The van der Waals surface area contributed by atoms with Crippen LogP contribution in [0.15, 0.2) is 83.9 Å². The maximum atomic E-state index is 13.3. The van der Waals surface area contributed by atoms with Crippen molar-refractivity contribution in [1.29, 1.82) is 0 Å². The second-order valence-corrected chi connectivity index (χ2v) is 11.3. The molecule has 1 saturated heterocycles. The lowest BCUT2D eigenvalue weighted by molar-refractivity contribution is -0.129. The molecule has 2 amide bonds. The number of anilines is 1. The highest BCUT2D eigenvalue weighted by Gasteiger charge is 2.35. The molecule has 1 aliphatic heterocycles. The van der Waals surface area contributed by atoms with Crippen LogP contribution in [-0.2, 0) is 16.0 Å². The van der Waals surface area contributed by atoms with Crippen LogP contribution in [0.25, 0.3) is 0 Å². The molecule has 1 N–H and O–H groups in total. The van der Waals surface area contributed by atoms with E-state index in [9.17, 15) is 9.59 Å². The van der Waals surface area contributed by atoms with E-state index in [0.29, 0.717) is 34.7 Å². The Balaban J connectivity index is 1.39. The largest absolute Gasteiger partial charge is 0.494 e. The van der Waals surface area contributed by atoms with Gasteiger partial charge in [-0.25, -0.2) is 4.99 Å². The van der Waals surface area contributed by atoms with Crippen LogP contribution in [0, 0.1) is 0 Å². The standard InChI is InChI=1S/C32H36ClN3O3S/c1-2-3-4-8-22-39-28-19-17-26(18-20-28)34-31(38)29-23-30(37)36(21-9-12-24-10-6-5-7-11-24)32(40-29)35-27-15-13-25(33)14-16-27/h5-7,10-11,13-20,29H,2-4,8-9,12,21-23H2,1H3,(H,34,38). The number of amides is 2. The van der Waals surface area contributed by atoms with Gasteiger partial charge in [-0.2, -0.15) is 0 Å². The first-order valence-electron chi connectivity index (χ1n) is 13.9. The molecule has 0 radical (unpaired) electrons. The van der Waals surface area contributed by atoms with Crippen molar-refractivity contribution in [3.8, 4) is 5.75 Å². The fourth-order valence-corrected chi connectivity index (χ4v) is 5.60. The van der Waals surface area contributed by atoms with E-state index in [1.54, 1.807) is 29.2 Å². The summed E-state index contributed by atoms with van der Waals surface area (Å²) in [5.41, 5.74) is 2.57. The second kappa shape index (κ2) is 15.5. The maximum Gasteiger partial charge on any atom is 0.238 e. The topological polar surface area (TPSA) is 71.0 Å². The molecule has 8 heteroatoms. The molecule has 0 spiro atoms. The SMILES string of the molecule is CCCCCCOc1ccc(NC(=O)C2CC(=O)N(CCCc3ccccc3)C(=Nc3ccc(Cl)cc3)S2)cc1. The van der Waals surface area contributed by atoms with E-state index in [1.165, 1.54) is 30.2 Å². The number of amidine groups is 1. The van der Waals surface area contributed by atoms with Gasteiger partial charge in [-0.1, -0.05) is 79.9 Å². The summed E-state index contributed by atoms with van der Waals surface area (Å²) < 4.78 is 5.80. The number of aryl methyl sites for hydroxylation is 1. The molecule has 0 bridgehead atoms. The Labute approximate surface area is 246 Å². The van der Waals surface area contributed by atoms with Gasteiger partial charge in [-0.05, 0) is 73.4 Å². The Morgan fingerprint density at radius 1 is 1.00 bits per heavy atom. The Bertz CT molecular complexity index is 1270. The van der Waals surface area contributed by atoms with Gasteiger partial charge in [0.25, 0.3) is 0 Å². The number of thioether (sulfide) groups is 1. The first kappa shape index (κ1) is 29.7. The molecule has 0 aromatic heterocycles. The molecule has 6 nitrogen and oxygen atoms in total. The van der Waals surface area contributed by atoms with Gasteiger partial charge >= 0.3 is 0 Å². The molecule has 1 heterocycles. The molecule has 3 aromatic carbocycles. The van der Waals surface area contributed by atoms with Crippen molar-refractivity contribution >= 4 is 51.7 Å². The summed E-state index contributed by atoms with van der Waals surface area (Å²) in [6.07, 6.45) is 6.36. The normalized spacial score (nSPS) is 16.2. The minimum absolute atomic E-state index is 0.105. The average molecular weight is 578 g/mol. The molecule has 1 atom stereocenters. The highest BCUT2D eigenvalue weighted by atomic mass is 35.5. The number of benzene rings is 3. The lowest BCUT2D eigenvalue weighted by Crippen LogP contribution is -2.45. The molecule has 0 saturated carbocycles. The van der Waals surface area contributed by atoms with Crippen molar-refractivity contribution in [2.75, 3.05) is 18.5 Å². The minimum Gasteiger partial charge on any atom is -0.494 e. The number of unbranched alkanes of at least 4 members (excludes halogenated alkanes) is 3. The Morgan fingerprint density at radius 3 is 2.48 bits per heavy atom. The quantitative estimate of drug-likeness (QED) is 0.210. The number of carbonyl (C=O) groups excluding carboxylic acids is 2. The van der Waals surface area contributed by atoms with Crippen molar-refractivity contribution in [3.05, 3.63) is 89.4 Å². The number of nitrogens with one attached hydrogen (secondary N) is 1. The number of aliphatic imine (C=N–C) groups is 1. The summed E-state index contributed by atoms with van der Waals surface area (Å²) in [6, 6.07) is 24.7. The van der Waals surface area contributed by atoms with E-state index < -0.39 is 5.25 Å². The van der Waals surface area contributed by atoms with E-state index in [-0.39, 0.29) is 18.2 Å². The van der Waals surface area contributed by atoms with E-state index in [2.05, 4.69) is 24.4 Å². The molecule has 4 rings (SSSR count). The van der Waals surface area contributed by atoms with Crippen LogP contribution in [0.3, 0.4) is 0 Å². The van der Waals surface area contributed by atoms with Crippen molar-refractivity contribution in [3.63, 3.8) is 0 Å². The number of rotatable bonds is 13. The number of hydrogen-bond donors (Lipinski definition) is 1. The van der Waals surface area contributed by atoms with Gasteiger partial charge < -0.3 is 10.1 Å². The lowest BCUT2D eigenvalue weighted by atomic mass is 10.1. The van der Waals surface area contributed by atoms with Crippen molar-refractivity contribution in [2.45, 2.75) is 57.1 Å². The first-order chi connectivity index (χ1) is 19.5. The summed E-state index contributed by atoms with van der Waals surface area (Å²) in [6.45, 7) is 3.40. The molecule has 1 fully saturated rings. The summed E-state index contributed by atoms with van der Waals surface area (Å²) in [5, 5.41) is 3.51. The van der Waals surface area contributed by atoms with Gasteiger partial charge in [0.1, 0.15) is 11.0 Å². The van der Waals surface area contributed by atoms with Crippen molar-refractivity contribution in [2.24, 2.45) is 4.99 Å². The third-order valence-electron chi connectivity index (χ3n) is 6.56. The zero-order valence-electron chi connectivity index (χ0n) is 22.9. The van der Waals surface area contributed by atoms with Gasteiger partial charge in [-0.3, -0.25) is 14.5 Å². The van der Waals surface area contributed by atoms with Gasteiger partial charge in [0.05, 0.1) is 12.3 Å². The molecule has 0 aliphatic carbocycles. The highest BCUT2D eigenvalue weighted by molar-refractivity contribution is 8.15. The number of carbonyl (C=O) groups is 2. The number of hydrogen-bond acceptors (Lipinski definition) is 5. The first-order valence-corrected chi connectivity index (χ1v) is 15.2. The number of halogens is 1. The van der Waals surface area contributed by atoms with Crippen LogP contribution in [-0.4, -0.2) is 40.3 Å². The Morgan fingerprint density at radius 2 is 1.75 bits per heavy atom. The zero-order valence-corrected chi connectivity index (χ0v) is 24.4. The third kappa shape index (κ3) is 9.14. The summed E-state index contributed by atoms with van der Waals surface area (Å²) in [4.78, 5) is 32.9. The predicted molar refractivity (Wildman–Crippen MR) is 166 cm³/mol. The van der Waals surface area contributed by atoms with Gasteiger partial charge in [0.15, 0.2) is 5.17 Å². The van der Waals surface area contributed by atoms with E-state index in [1.807, 2.05) is 42.5 Å². The van der Waals surface area contributed by atoms with Gasteiger partial charge in [0, 0.05) is 23.7 Å². The highest BCUT2D eigenvalue weighted by Crippen LogP contribution is 2.31. The average Bonchev–Trinajstić information content (AvgIpc) is 2.97. The summed E-state index contributed by atoms with van der Waals surface area (Å²) in [7, 11) is 0. The van der Waals surface area contributed by atoms with E-state index in [4.69, 9.17) is 21.3 Å². The Kier molecular flexibility index (Phi) is 11.5. The molecular weight excluding hydrogens is 542 g/mol. The van der Waals surface area contributed by atoms with Crippen LogP contribution < -0.4 is 10.1 Å². The van der Waals surface area contributed by atoms with Crippen molar-refractivity contribution < 1.29 is 14.3 Å². The molecule has 3 aromatic rings. The fraction of sp³-hybridized carbons (Fsp3) is 0.344. The monoisotopic (exact) mass is 577 g/mol. The molecular formula is C32H36ClN3O3S. The maximum absolute atomic E-state index is 13.3.